The molecule has 0 heterocycles. The van der Waals surface area contributed by atoms with Crippen LogP contribution in [0.4, 0.5) is 9.18 Å². The van der Waals surface area contributed by atoms with Crippen molar-refractivity contribution in [1.29, 1.82) is 0 Å². The van der Waals surface area contributed by atoms with Gasteiger partial charge in [-0.15, -0.1) is 0 Å². The van der Waals surface area contributed by atoms with Crippen LogP contribution in [0.3, 0.4) is 0 Å². The van der Waals surface area contributed by atoms with Gasteiger partial charge in [-0.05, 0) is 23.1 Å². The Balaban J connectivity index is 2.69. The van der Waals surface area contributed by atoms with Gasteiger partial charge >= 0.3 is 6.16 Å². The smallest absolute Gasteiger partial charge is 0.402 e. The van der Waals surface area contributed by atoms with Crippen molar-refractivity contribution < 1.29 is 18.7 Å². The first kappa shape index (κ1) is 12.5. The van der Waals surface area contributed by atoms with Crippen LogP contribution in [0.5, 0.6) is 5.75 Å². The zero-order chi connectivity index (χ0) is 12.2. The molecule has 0 bridgehead atoms. The molecule has 3 nitrogen and oxygen atoms in total. The summed E-state index contributed by atoms with van der Waals surface area (Å²) in [4.78, 5) is 10.8. The summed E-state index contributed by atoms with van der Waals surface area (Å²) >= 11 is 0. The van der Waals surface area contributed by atoms with Gasteiger partial charge in [-0.3, -0.25) is 0 Å². The van der Waals surface area contributed by atoms with E-state index in [1.165, 1.54) is 0 Å². The molecule has 88 valence electrons. The molecule has 1 aromatic rings. The first-order chi connectivity index (χ1) is 7.43. The summed E-state index contributed by atoms with van der Waals surface area (Å²) in [6.07, 6.45) is -1.04. The molecule has 1 aromatic carbocycles. The van der Waals surface area contributed by atoms with Crippen LogP contribution in [-0.2, 0) is 10.2 Å². The summed E-state index contributed by atoms with van der Waals surface area (Å²) < 4.78 is 20.4. The second kappa shape index (κ2) is 4.96. The Morgan fingerprint density at radius 1 is 1.25 bits per heavy atom. The molecular weight excluding hydrogens is 211 g/mol. The van der Waals surface area contributed by atoms with E-state index in [1.807, 2.05) is 12.1 Å². The summed E-state index contributed by atoms with van der Waals surface area (Å²) in [5, 5.41) is 0. The third-order valence-corrected chi connectivity index (χ3v) is 2.09. The molecule has 1 rings (SSSR count). The van der Waals surface area contributed by atoms with E-state index >= 15 is 0 Å². The normalized spacial score (nSPS) is 11.0. The summed E-state index contributed by atoms with van der Waals surface area (Å²) in [7, 11) is 0. The number of rotatable bonds is 2. The molecule has 4 heteroatoms. The lowest BCUT2D eigenvalue weighted by atomic mass is 9.87. The van der Waals surface area contributed by atoms with Gasteiger partial charge in [0.15, 0.2) is 0 Å². The van der Waals surface area contributed by atoms with E-state index in [-0.39, 0.29) is 5.41 Å². The standard InChI is InChI=1S/C12H15FO3/c1-12(2,3)9-4-6-10(7-5-9)16-11(14)15-8-13/h4-7H,8H2,1-3H3. The molecule has 0 aromatic heterocycles. The van der Waals surface area contributed by atoms with Gasteiger partial charge in [0.05, 0.1) is 0 Å². The van der Waals surface area contributed by atoms with Crippen molar-refractivity contribution in [1.82, 2.24) is 0 Å². The maximum Gasteiger partial charge on any atom is 0.516 e. The zero-order valence-corrected chi connectivity index (χ0v) is 9.62. The van der Waals surface area contributed by atoms with Gasteiger partial charge < -0.3 is 9.47 Å². The molecule has 0 aliphatic rings. The second-order valence-electron chi connectivity index (χ2n) is 4.38. The van der Waals surface area contributed by atoms with Gasteiger partial charge in [0.1, 0.15) is 5.75 Å². The predicted molar refractivity (Wildman–Crippen MR) is 58.2 cm³/mol. The van der Waals surface area contributed by atoms with Gasteiger partial charge in [0, 0.05) is 0 Å². The molecule has 0 saturated carbocycles. The quantitative estimate of drug-likeness (QED) is 0.572. The number of carbonyl (C=O) groups excluding carboxylic acids is 1. The largest absolute Gasteiger partial charge is 0.516 e. The monoisotopic (exact) mass is 226 g/mol. The number of hydrogen-bond donors (Lipinski definition) is 0. The van der Waals surface area contributed by atoms with Crippen LogP contribution in [0.2, 0.25) is 0 Å². The average Bonchev–Trinajstić information content (AvgIpc) is 2.17. The fraction of sp³-hybridized carbons (Fsp3) is 0.417. The lowest BCUT2D eigenvalue weighted by molar-refractivity contribution is 0.0610. The maximum absolute atomic E-state index is 11.6. The van der Waals surface area contributed by atoms with Crippen molar-refractivity contribution in [2.75, 3.05) is 6.86 Å². The Hall–Kier alpha value is -1.58. The first-order valence-electron chi connectivity index (χ1n) is 4.94. The molecule has 0 amide bonds. The van der Waals surface area contributed by atoms with Crippen LogP contribution in [0.25, 0.3) is 0 Å². The van der Waals surface area contributed by atoms with E-state index < -0.39 is 13.0 Å². The minimum Gasteiger partial charge on any atom is -0.402 e. The molecule has 0 unspecified atom stereocenters. The highest BCUT2D eigenvalue weighted by atomic mass is 19.1. The van der Waals surface area contributed by atoms with Crippen LogP contribution in [0.1, 0.15) is 26.3 Å². The lowest BCUT2D eigenvalue weighted by Gasteiger charge is -2.18. The summed E-state index contributed by atoms with van der Waals surface area (Å²) in [5.74, 6) is 0.339. The fourth-order valence-electron chi connectivity index (χ4n) is 1.19. The summed E-state index contributed by atoms with van der Waals surface area (Å²) in [6.45, 7) is 5.07. The van der Waals surface area contributed by atoms with Crippen LogP contribution in [0, 0.1) is 0 Å². The topological polar surface area (TPSA) is 35.5 Å². The lowest BCUT2D eigenvalue weighted by Crippen LogP contribution is -2.12. The van der Waals surface area contributed by atoms with E-state index in [0.717, 1.165) is 5.56 Å². The zero-order valence-electron chi connectivity index (χ0n) is 9.62. The number of carbonyl (C=O) groups is 1. The average molecular weight is 226 g/mol. The van der Waals surface area contributed by atoms with Crippen LogP contribution in [0.15, 0.2) is 24.3 Å². The molecule has 0 N–H and O–H groups in total. The third-order valence-electron chi connectivity index (χ3n) is 2.09. The second-order valence-corrected chi connectivity index (χ2v) is 4.38. The van der Waals surface area contributed by atoms with Crippen molar-refractivity contribution in [3.63, 3.8) is 0 Å². The third kappa shape index (κ3) is 3.53. The van der Waals surface area contributed by atoms with E-state index in [1.54, 1.807) is 12.1 Å². The Kier molecular flexibility index (Phi) is 3.88. The minimum atomic E-state index is -1.18. The van der Waals surface area contributed by atoms with Crippen LogP contribution >= 0.6 is 0 Å². The van der Waals surface area contributed by atoms with Gasteiger partial charge in [0.25, 0.3) is 0 Å². The highest BCUT2D eigenvalue weighted by Crippen LogP contribution is 2.24. The summed E-state index contributed by atoms with van der Waals surface area (Å²) in [6, 6.07) is 7.02. The predicted octanol–water partition coefficient (Wildman–Crippen LogP) is 3.43. The van der Waals surface area contributed by atoms with Gasteiger partial charge in [-0.1, -0.05) is 32.9 Å². The Morgan fingerprint density at radius 3 is 2.25 bits per heavy atom. The molecule has 0 saturated heterocycles. The van der Waals surface area contributed by atoms with Crippen molar-refractivity contribution in [2.24, 2.45) is 0 Å². The maximum atomic E-state index is 11.6. The molecule has 0 aliphatic carbocycles. The highest BCUT2D eigenvalue weighted by Gasteiger charge is 2.13. The first-order valence-corrected chi connectivity index (χ1v) is 4.94. The Morgan fingerprint density at radius 2 is 1.81 bits per heavy atom. The fourth-order valence-corrected chi connectivity index (χ4v) is 1.19. The Bertz CT molecular complexity index is 352. The van der Waals surface area contributed by atoms with Crippen molar-refractivity contribution in [3.05, 3.63) is 29.8 Å². The summed E-state index contributed by atoms with van der Waals surface area (Å²) in [5.41, 5.74) is 1.16. The van der Waals surface area contributed by atoms with Crippen molar-refractivity contribution >= 4 is 6.16 Å². The van der Waals surface area contributed by atoms with Crippen molar-refractivity contribution in [2.45, 2.75) is 26.2 Å². The molecule has 0 spiro atoms. The van der Waals surface area contributed by atoms with Crippen molar-refractivity contribution in [3.8, 4) is 5.75 Å². The van der Waals surface area contributed by atoms with Gasteiger partial charge in [0.2, 0.25) is 6.86 Å². The molecule has 0 fully saturated rings. The number of benzene rings is 1. The minimum absolute atomic E-state index is 0.0397. The molecule has 0 aliphatic heterocycles. The number of halogens is 1. The number of hydrogen-bond acceptors (Lipinski definition) is 3. The number of ether oxygens (including phenoxy) is 2. The number of alkyl halides is 1. The molecular formula is C12H15FO3. The highest BCUT2D eigenvalue weighted by molar-refractivity contribution is 5.63. The Labute approximate surface area is 94.2 Å². The van der Waals surface area contributed by atoms with E-state index in [0.29, 0.717) is 5.75 Å². The molecule has 16 heavy (non-hydrogen) atoms. The van der Waals surface area contributed by atoms with Crippen LogP contribution < -0.4 is 4.74 Å². The van der Waals surface area contributed by atoms with Crippen LogP contribution in [-0.4, -0.2) is 13.0 Å². The molecule has 0 radical (unpaired) electrons. The van der Waals surface area contributed by atoms with E-state index in [4.69, 9.17) is 4.74 Å². The molecule has 0 atom stereocenters. The van der Waals surface area contributed by atoms with Gasteiger partial charge in [-0.2, -0.15) is 0 Å². The van der Waals surface area contributed by atoms with Gasteiger partial charge in [-0.25, -0.2) is 9.18 Å². The SMILES string of the molecule is CC(C)(C)c1ccc(OC(=O)OCF)cc1. The van der Waals surface area contributed by atoms with E-state index in [2.05, 4.69) is 25.5 Å². The van der Waals surface area contributed by atoms with E-state index in [9.17, 15) is 9.18 Å².